The zero-order chi connectivity index (χ0) is 18.4. The fourth-order valence-corrected chi connectivity index (χ4v) is 2.40. The van der Waals surface area contributed by atoms with Gasteiger partial charge in [-0.2, -0.15) is 0 Å². The summed E-state index contributed by atoms with van der Waals surface area (Å²) in [4.78, 5) is 23.7. The molecule has 0 saturated carbocycles. The van der Waals surface area contributed by atoms with Crippen LogP contribution in [0.1, 0.15) is 29.3 Å². The van der Waals surface area contributed by atoms with Gasteiger partial charge in [0.2, 0.25) is 5.91 Å². The Morgan fingerprint density at radius 2 is 1.64 bits per heavy atom. The Morgan fingerprint density at radius 1 is 1.04 bits per heavy atom. The minimum atomic E-state index is -0.331. The molecule has 5 nitrogen and oxygen atoms in total. The van der Waals surface area contributed by atoms with Crippen LogP contribution in [-0.4, -0.2) is 16.9 Å². The minimum absolute atomic E-state index is 0.0705. The normalized spacial score (nSPS) is 10.0. The maximum absolute atomic E-state index is 12.2. The lowest BCUT2D eigenvalue weighted by atomic mass is 10.1. The molecule has 0 radical (unpaired) electrons. The summed E-state index contributed by atoms with van der Waals surface area (Å²) in [5.74, 6) is -0.402. The summed E-state index contributed by atoms with van der Waals surface area (Å²) < 4.78 is 0. The zero-order valence-corrected chi connectivity index (χ0v) is 15.4. The van der Waals surface area contributed by atoms with Crippen molar-refractivity contribution in [1.29, 1.82) is 0 Å². The average molecular weight is 376 g/mol. The number of amides is 2. The fraction of sp³-hybridized carbons (Fsp3) is 0.167. The Morgan fingerprint density at radius 3 is 2.24 bits per heavy atom. The Hall–Kier alpha value is -2.44. The highest BCUT2D eigenvalue weighted by Gasteiger charge is 2.11. The quantitative estimate of drug-likeness (QED) is 0.703. The fourth-order valence-electron chi connectivity index (χ4n) is 2.08. The molecule has 0 aliphatic heterocycles. The number of carbonyl (C=O) groups excluding carboxylic acids is 2. The van der Waals surface area contributed by atoms with Gasteiger partial charge in [-0.05, 0) is 61.1 Å². The van der Waals surface area contributed by atoms with E-state index < -0.39 is 0 Å². The van der Waals surface area contributed by atoms with E-state index in [-0.39, 0.29) is 16.9 Å². The maximum atomic E-state index is 12.2. The summed E-state index contributed by atoms with van der Waals surface area (Å²) in [5.41, 5.74) is 2.68. The Labute approximate surface area is 156 Å². The number of nitrogens with one attached hydrogen (secondary N) is 3. The number of hydrogen-bond donors (Lipinski definition) is 3. The molecule has 0 aliphatic rings. The van der Waals surface area contributed by atoms with Crippen LogP contribution >= 0.6 is 23.8 Å². The molecule has 0 unspecified atom stereocenters. The summed E-state index contributed by atoms with van der Waals surface area (Å²) in [7, 11) is 0. The highest BCUT2D eigenvalue weighted by atomic mass is 35.5. The minimum Gasteiger partial charge on any atom is -0.332 e. The second kappa shape index (κ2) is 8.60. The van der Waals surface area contributed by atoms with Crippen molar-refractivity contribution in [1.82, 2.24) is 5.32 Å². The number of anilines is 2. The molecule has 130 valence electrons. The Balaban J connectivity index is 2.05. The average Bonchev–Trinajstić information content (AvgIpc) is 2.58. The van der Waals surface area contributed by atoms with Crippen molar-refractivity contribution >= 4 is 52.1 Å². The third-order valence-electron chi connectivity index (χ3n) is 3.51. The van der Waals surface area contributed by atoms with Crippen molar-refractivity contribution in [3.63, 3.8) is 0 Å². The van der Waals surface area contributed by atoms with Gasteiger partial charge in [-0.1, -0.05) is 24.6 Å². The van der Waals surface area contributed by atoms with Crippen LogP contribution in [0.15, 0.2) is 42.5 Å². The number of thiocarbonyl (C=S) groups is 1. The molecular weight excluding hydrogens is 358 g/mol. The highest BCUT2D eigenvalue weighted by Crippen LogP contribution is 2.23. The van der Waals surface area contributed by atoms with Crippen molar-refractivity contribution in [3.8, 4) is 0 Å². The van der Waals surface area contributed by atoms with Gasteiger partial charge in [0.15, 0.2) is 5.11 Å². The first-order valence-electron chi connectivity index (χ1n) is 7.68. The predicted octanol–water partition coefficient (Wildman–Crippen LogP) is 4.12. The predicted molar refractivity (Wildman–Crippen MR) is 105 cm³/mol. The summed E-state index contributed by atoms with van der Waals surface area (Å²) in [6.45, 7) is 3.64. The van der Waals surface area contributed by atoms with E-state index in [4.69, 9.17) is 23.8 Å². The van der Waals surface area contributed by atoms with Gasteiger partial charge < -0.3 is 10.6 Å². The van der Waals surface area contributed by atoms with E-state index in [9.17, 15) is 9.59 Å². The maximum Gasteiger partial charge on any atom is 0.257 e. The van der Waals surface area contributed by atoms with Gasteiger partial charge in [0.1, 0.15) is 0 Å². The van der Waals surface area contributed by atoms with E-state index in [1.807, 2.05) is 19.1 Å². The standard InChI is InChI=1S/C18H18ClN3O2S/c1-3-16(23)20-14-5-4-6-15(11(14)2)21-18(25)22-17(24)12-7-9-13(19)10-8-12/h4-10H,3H2,1-2H3,(H,20,23)(H2,21,22,24,25). The molecule has 25 heavy (non-hydrogen) atoms. The van der Waals surface area contributed by atoms with Gasteiger partial charge in [0, 0.05) is 28.4 Å². The second-order valence-corrected chi connectivity index (χ2v) is 6.14. The first kappa shape index (κ1) is 18.9. The molecule has 0 aromatic heterocycles. The Kier molecular flexibility index (Phi) is 6.50. The molecule has 0 atom stereocenters. The lowest BCUT2D eigenvalue weighted by Gasteiger charge is -2.15. The molecule has 0 fully saturated rings. The second-order valence-electron chi connectivity index (χ2n) is 5.30. The molecular formula is C18H18ClN3O2S. The highest BCUT2D eigenvalue weighted by molar-refractivity contribution is 7.80. The molecule has 0 spiro atoms. The Bertz CT molecular complexity index is 806. The van der Waals surface area contributed by atoms with Crippen molar-refractivity contribution in [2.75, 3.05) is 10.6 Å². The molecule has 0 heterocycles. The van der Waals surface area contributed by atoms with Gasteiger partial charge in [-0.25, -0.2) is 0 Å². The third kappa shape index (κ3) is 5.27. The van der Waals surface area contributed by atoms with Gasteiger partial charge in [-0.15, -0.1) is 0 Å². The van der Waals surface area contributed by atoms with Crippen LogP contribution in [0.2, 0.25) is 5.02 Å². The molecule has 2 aromatic carbocycles. The van der Waals surface area contributed by atoms with Crippen LogP contribution in [0.5, 0.6) is 0 Å². The number of hydrogen-bond acceptors (Lipinski definition) is 3. The van der Waals surface area contributed by atoms with Crippen LogP contribution in [0.3, 0.4) is 0 Å². The van der Waals surface area contributed by atoms with Crippen LogP contribution in [0, 0.1) is 6.92 Å². The monoisotopic (exact) mass is 375 g/mol. The largest absolute Gasteiger partial charge is 0.332 e. The number of carbonyl (C=O) groups is 2. The summed E-state index contributed by atoms with van der Waals surface area (Å²) in [5, 5.41) is 9.14. The van der Waals surface area contributed by atoms with Gasteiger partial charge in [0.25, 0.3) is 5.91 Å². The summed E-state index contributed by atoms with van der Waals surface area (Å²) in [6, 6.07) is 11.9. The van der Waals surface area contributed by atoms with E-state index in [0.717, 1.165) is 5.56 Å². The number of benzene rings is 2. The topological polar surface area (TPSA) is 70.2 Å². The van der Waals surface area contributed by atoms with Crippen molar-refractivity contribution < 1.29 is 9.59 Å². The van der Waals surface area contributed by atoms with Gasteiger partial charge >= 0.3 is 0 Å². The first-order chi connectivity index (χ1) is 11.9. The van der Waals surface area contributed by atoms with E-state index in [2.05, 4.69) is 16.0 Å². The van der Waals surface area contributed by atoms with E-state index in [1.165, 1.54) is 0 Å². The summed E-state index contributed by atoms with van der Waals surface area (Å²) >= 11 is 11.0. The van der Waals surface area contributed by atoms with Gasteiger partial charge in [-0.3, -0.25) is 14.9 Å². The molecule has 3 N–H and O–H groups in total. The van der Waals surface area contributed by atoms with Crippen LogP contribution in [0.25, 0.3) is 0 Å². The van der Waals surface area contributed by atoms with Crippen molar-refractivity contribution in [3.05, 3.63) is 58.6 Å². The lowest BCUT2D eigenvalue weighted by molar-refractivity contribution is -0.115. The molecule has 2 aromatic rings. The van der Waals surface area contributed by atoms with Crippen LogP contribution < -0.4 is 16.0 Å². The van der Waals surface area contributed by atoms with Crippen molar-refractivity contribution in [2.45, 2.75) is 20.3 Å². The van der Waals surface area contributed by atoms with Crippen molar-refractivity contribution in [2.24, 2.45) is 0 Å². The molecule has 2 amide bonds. The lowest BCUT2D eigenvalue weighted by Crippen LogP contribution is -2.34. The first-order valence-corrected chi connectivity index (χ1v) is 8.46. The molecule has 7 heteroatoms. The van der Waals surface area contributed by atoms with Crippen LogP contribution in [0.4, 0.5) is 11.4 Å². The molecule has 0 bridgehead atoms. The SMILES string of the molecule is CCC(=O)Nc1cccc(NC(=S)NC(=O)c2ccc(Cl)cc2)c1C. The smallest absolute Gasteiger partial charge is 0.257 e. The van der Waals surface area contributed by atoms with Gasteiger partial charge in [0.05, 0.1) is 0 Å². The molecule has 2 rings (SSSR count). The number of halogens is 1. The van der Waals surface area contributed by atoms with Crippen LogP contribution in [-0.2, 0) is 4.79 Å². The van der Waals surface area contributed by atoms with E-state index >= 15 is 0 Å². The molecule has 0 aliphatic carbocycles. The van der Waals surface area contributed by atoms with E-state index in [0.29, 0.717) is 28.4 Å². The zero-order valence-electron chi connectivity index (χ0n) is 13.9. The number of rotatable bonds is 4. The third-order valence-corrected chi connectivity index (χ3v) is 3.97. The van der Waals surface area contributed by atoms with E-state index in [1.54, 1.807) is 37.3 Å². The summed E-state index contributed by atoms with van der Waals surface area (Å²) in [6.07, 6.45) is 0.395. The molecule has 0 saturated heterocycles.